The second-order valence-corrected chi connectivity index (χ2v) is 3.21. The van der Waals surface area contributed by atoms with E-state index in [4.69, 9.17) is 10.00 Å². The van der Waals surface area contributed by atoms with Crippen molar-refractivity contribution in [3.05, 3.63) is 42.0 Å². The van der Waals surface area contributed by atoms with Crippen molar-refractivity contribution in [1.29, 1.82) is 5.26 Å². The number of carbonyl (C=O) groups excluding carboxylic acids is 1. The Morgan fingerprint density at radius 1 is 1.50 bits per heavy atom. The molecular formula is C13H13NO2. The van der Waals surface area contributed by atoms with Crippen molar-refractivity contribution >= 4 is 12.0 Å². The van der Waals surface area contributed by atoms with Crippen LogP contribution in [-0.4, -0.2) is 12.1 Å². The van der Waals surface area contributed by atoms with E-state index in [1.165, 1.54) is 6.08 Å². The van der Waals surface area contributed by atoms with E-state index >= 15 is 0 Å². The minimum absolute atomic E-state index is 0.489. The minimum atomic E-state index is -0.659. The Balaban J connectivity index is 2.52. The van der Waals surface area contributed by atoms with Crippen molar-refractivity contribution < 1.29 is 9.53 Å². The molecule has 0 saturated carbocycles. The Hall–Kier alpha value is -2.08. The fourth-order valence-corrected chi connectivity index (χ4v) is 1.11. The molecule has 0 saturated heterocycles. The van der Waals surface area contributed by atoms with Gasteiger partial charge in [0.2, 0.25) is 0 Å². The van der Waals surface area contributed by atoms with Crippen LogP contribution < -0.4 is 0 Å². The molecule has 0 aliphatic carbocycles. The van der Waals surface area contributed by atoms with Crippen LogP contribution in [0.4, 0.5) is 0 Å². The summed E-state index contributed by atoms with van der Waals surface area (Å²) in [5, 5.41) is 8.61. The number of nitrogens with zero attached hydrogens (tertiary/aromatic N) is 1. The average molecular weight is 215 g/mol. The predicted molar refractivity (Wildman–Crippen MR) is 61.3 cm³/mol. The molecule has 3 heteroatoms. The molecule has 0 radical (unpaired) electrons. The van der Waals surface area contributed by atoms with Gasteiger partial charge in [-0.3, -0.25) is 0 Å². The third kappa shape index (κ3) is 3.97. The number of nitriles is 1. The molecule has 0 aliphatic heterocycles. The first-order valence-corrected chi connectivity index (χ1v) is 5.09. The van der Waals surface area contributed by atoms with Crippen molar-refractivity contribution in [3.63, 3.8) is 0 Å². The summed E-state index contributed by atoms with van der Waals surface area (Å²) in [4.78, 5) is 11.3. The van der Waals surface area contributed by atoms with Gasteiger partial charge in [-0.05, 0) is 18.1 Å². The number of hydrogen-bond acceptors (Lipinski definition) is 3. The van der Waals surface area contributed by atoms with E-state index in [-0.39, 0.29) is 0 Å². The van der Waals surface area contributed by atoms with E-state index in [1.807, 2.05) is 36.4 Å². The van der Waals surface area contributed by atoms with Crippen LogP contribution in [0.2, 0.25) is 0 Å². The Labute approximate surface area is 95.0 Å². The van der Waals surface area contributed by atoms with Gasteiger partial charge in [-0.15, -0.1) is 0 Å². The molecule has 0 fully saturated rings. The maximum atomic E-state index is 11.3. The lowest BCUT2D eigenvalue weighted by molar-refractivity contribution is -0.140. The first-order chi connectivity index (χ1) is 7.76. The summed E-state index contributed by atoms with van der Waals surface area (Å²) in [6.07, 6.45) is 2.83. The molecule has 1 unspecified atom stereocenters. The van der Waals surface area contributed by atoms with E-state index in [0.29, 0.717) is 6.42 Å². The number of hydrogen-bond donors (Lipinski definition) is 0. The Morgan fingerprint density at radius 2 is 2.19 bits per heavy atom. The van der Waals surface area contributed by atoms with E-state index in [9.17, 15) is 4.79 Å². The molecular weight excluding hydrogens is 202 g/mol. The third-order valence-electron chi connectivity index (χ3n) is 1.98. The summed E-state index contributed by atoms with van der Waals surface area (Å²) >= 11 is 0. The van der Waals surface area contributed by atoms with Gasteiger partial charge in [-0.2, -0.15) is 5.26 Å². The van der Waals surface area contributed by atoms with Gasteiger partial charge in [0.15, 0.2) is 6.10 Å². The monoisotopic (exact) mass is 215 g/mol. The largest absolute Gasteiger partial charge is 0.444 e. The summed E-state index contributed by atoms with van der Waals surface area (Å²) < 4.78 is 4.88. The molecule has 0 aromatic heterocycles. The number of ether oxygens (including phenoxy) is 1. The molecule has 0 heterocycles. The normalized spacial score (nSPS) is 12.0. The zero-order chi connectivity index (χ0) is 11.8. The van der Waals surface area contributed by atoms with Gasteiger partial charge >= 0.3 is 5.97 Å². The highest BCUT2D eigenvalue weighted by molar-refractivity contribution is 5.87. The molecule has 1 aromatic rings. The van der Waals surface area contributed by atoms with Gasteiger partial charge in [0.25, 0.3) is 0 Å². The molecule has 82 valence electrons. The van der Waals surface area contributed by atoms with Crippen LogP contribution in [0.3, 0.4) is 0 Å². The van der Waals surface area contributed by atoms with Crippen LogP contribution in [0.15, 0.2) is 36.4 Å². The van der Waals surface area contributed by atoms with Crippen LogP contribution in [0.25, 0.3) is 6.08 Å². The molecule has 1 rings (SSSR count). The smallest absolute Gasteiger partial charge is 0.332 e. The molecule has 1 atom stereocenters. The Morgan fingerprint density at radius 3 is 2.75 bits per heavy atom. The lowest BCUT2D eigenvalue weighted by Crippen LogP contribution is -2.13. The maximum absolute atomic E-state index is 11.3. The average Bonchev–Trinajstić information content (AvgIpc) is 2.34. The molecule has 0 aliphatic rings. The summed E-state index contributed by atoms with van der Waals surface area (Å²) in [7, 11) is 0. The number of benzene rings is 1. The molecule has 0 spiro atoms. The van der Waals surface area contributed by atoms with Crippen LogP contribution in [0.1, 0.15) is 18.9 Å². The van der Waals surface area contributed by atoms with Gasteiger partial charge in [-0.25, -0.2) is 4.79 Å². The van der Waals surface area contributed by atoms with E-state index in [2.05, 4.69) is 0 Å². The lowest BCUT2D eigenvalue weighted by Gasteiger charge is -2.05. The first kappa shape index (κ1) is 12.0. The highest BCUT2D eigenvalue weighted by atomic mass is 16.5. The third-order valence-corrected chi connectivity index (χ3v) is 1.98. The molecule has 0 N–H and O–H groups in total. The maximum Gasteiger partial charge on any atom is 0.332 e. The van der Waals surface area contributed by atoms with Crippen LogP contribution in [-0.2, 0) is 9.53 Å². The fourth-order valence-electron chi connectivity index (χ4n) is 1.11. The Kier molecular flexibility index (Phi) is 4.81. The van der Waals surface area contributed by atoms with Crippen LogP contribution >= 0.6 is 0 Å². The van der Waals surface area contributed by atoms with Gasteiger partial charge in [-0.1, -0.05) is 37.3 Å². The molecule has 0 bridgehead atoms. The zero-order valence-electron chi connectivity index (χ0n) is 9.09. The second kappa shape index (κ2) is 6.41. The van der Waals surface area contributed by atoms with E-state index in [0.717, 1.165) is 5.56 Å². The zero-order valence-corrected chi connectivity index (χ0v) is 9.09. The highest BCUT2D eigenvalue weighted by Crippen LogP contribution is 2.02. The minimum Gasteiger partial charge on any atom is -0.444 e. The topological polar surface area (TPSA) is 50.1 Å². The number of esters is 1. The quantitative estimate of drug-likeness (QED) is 0.573. The Bertz CT molecular complexity index is 404. The van der Waals surface area contributed by atoms with Crippen molar-refractivity contribution in [2.24, 2.45) is 0 Å². The van der Waals surface area contributed by atoms with Gasteiger partial charge < -0.3 is 4.74 Å². The molecule has 16 heavy (non-hydrogen) atoms. The fraction of sp³-hybridized carbons (Fsp3) is 0.231. The molecule has 1 aromatic carbocycles. The van der Waals surface area contributed by atoms with Crippen molar-refractivity contribution in [2.75, 3.05) is 0 Å². The van der Waals surface area contributed by atoms with Crippen molar-refractivity contribution in [1.82, 2.24) is 0 Å². The number of rotatable bonds is 4. The summed E-state index contributed by atoms with van der Waals surface area (Å²) in [6, 6.07) is 11.3. The van der Waals surface area contributed by atoms with Crippen molar-refractivity contribution in [3.8, 4) is 6.07 Å². The van der Waals surface area contributed by atoms with E-state index in [1.54, 1.807) is 13.0 Å². The van der Waals surface area contributed by atoms with E-state index < -0.39 is 12.1 Å². The standard InChI is InChI=1S/C13H13NO2/c1-2-12(10-14)16-13(15)9-8-11-6-4-3-5-7-11/h3-9,12H,2H2,1H3. The summed E-state index contributed by atoms with van der Waals surface area (Å²) in [6.45, 7) is 1.79. The summed E-state index contributed by atoms with van der Waals surface area (Å²) in [5.41, 5.74) is 0.921. The predicted octanol–water partition coefficient (Wildman–Crippen LogP) is 2.55. The first-order valence-electron chi connectivity index (χ1n) is 5.09. The second-order valence-electron chi connectivity index (χ2n) is 3.21. The molecule has 0 amide bonds. The van der Waals surface area contributed by atoms with Gasteiger partial charge in [0.05, 0.1) is 0 Å². The van der Waals surface area contributed by atoms with Crippen LogP contribution in [0, 0.1) is 11.3 Å². The van der Waals surface area contributed by atoms with Crippen molar-refractivity contribution in [2.45, 2.75) is 19.4 Å². The van der Waals surface area contributed by atoms with Gasteiger partial charge in [0, 0.05) is 6.08 Å². The lowest BCUT2D eigenvalue weighted by atomic mass is 10.2. The SMILES string of the molecule is CCC(C#N)OC(=O)C=Cc1ccccc1. The molecule has 3 nitrogen and oxygen atoms in total. The summed E-state index contributed by atoms with van der Waals surface area (Å²) in [5.74, 6) is -0.489. The highest BCUT2D eigenvalue weighted by Gasteiger charge is 2.07. The number of carbonyl (C=O) groups is 1. The van der Waals surface area contributed by atoms with Crippen LogP contribution in [0.5, 0.6) is 0 Å². The van der Waals surface area contributed by atoms with Gasteiger partial charge in [0.1, 0.15) is 6.07 Å².